The number of carbonyl (C=O) groups is 1. The number of amidine groups is 1. The van der Waals surface area contributed by atoms with Crippen molar-refractivity contribution in [2.45, 2.75) is 44.9 Å². The highest BCUT2D eigenvalue weighted by Gasteiger charge is 2.42. The number of rotatable bonds is 7. The Balaban J connectivity index is 2.23. The normalized spacial score (nSPS) is 13.0. The van der Waals surface area contributed by atoms with E-state index in [2.05, 4.69) is 15.0 Å². The lowest BCUT2D eigenvalue weighted by atomic mass is 9.93. The monoisotopic (exact) mass is 469 g/mol. The first-order chi connectivity index (χ1) is 15.3. The number of aromatic nitrogens is 1. The summed E-state index contributed by atoms with van der Waals surface area (Å²) in [7, 11) is 0. The van der Waals surface area contributed by atoms with Crippen molar-refractivity contribution in [3.8, 4) is 6.07 Å². The smallest absolute Gasteiger partial charge is 0.425 e. The maximum Gasteiger partial charge on any atom is 0.425 e. The first-order valence-corrected chi connectivity index (χ1v) is 9.57. The van der Waals surface area contributed by atoms with E-state index in [4.69, 9.17) is 16.4 Å². The van der Waals surface area contributed by atoms with Gasteiger partial charge >= 0.3 is 6.18 Å². The van der Waals surface area contributed by atoms with Gasteiger partial charge < -0.3 is 15.8 Å². The summed E-state index contributed by atoms with van der Waals surface area (Å²) in [4.78, 5) is 16.4. The molecule has 2 atom stereocenters. The lowest BCUT2D eigenvalue weighted by Crippen LogP contribution is -2.36. The van der Waals surface area contributed by atoms with E-state index in [0.29, 0.717) is 5.56 Å². The van der Waals surface area contributed by atoms with Crippen molar-refractivity contribution in [2.24, 2.45) is 5.73 Å². The van der Waals surface area contributed by atoms with E-state index in [-0.39, 0.29) is 28.9 Å². The van der Waals surface area contributed by atoms with Crippen molar-refractivity contribution >= 4 is 17.6 Å². The molecule has 0 saturated carbocycles. The van der Waals surface area contributed by atoms with E-state index in [1.54, 1.807) is 6.92 Å². The number of nitrogens with zero attached hydrogens (tertiary/aromatic N) is 2. The van der Waals surface area contributed by atoms with Crippen LogP contribution >= 0.6 is 0 Å². The second-order valence-electron chi connectivity index (χ2n) is 7.31. The number of anilines is 1. The van der Waals surface area contributed by atoms with E-state index in [9.17, 15) is 26.7 Å². The number of ether oxygens (including phenoxy) is 1. The predicted octanol–water partition coefficient (Wildman–Crippen LogP) is 4.52. The molecule has 0 unspecified atom stereocenters. The Bertz CT molecular complexity index is 1100. The third kappa shape index (κ3) is 6.61. The molecule has 0 fully saturated rings. The summed E-state index contributed by atoms with van der Waals surface area (Å²) in [5.41, 5.74) is 5.08. The number of amides is 1. The maximum atomic E-state index is 14.4. The first kappa shape index (κ1) is 25.5. The van der Waals surface area contributed by atoms with Crippen LogP contribution in [0.2, 0.25) is 0 Å². The number of nitriles is 1. The molecule has 0 radical (unpaired) electrons. The number of nitrogens with one attached hydrogen (secondary N) is 2. The van der Waals surface area contributed by atoms with Gasteiger partial charge in [-0.05, 0) is 48.9 Å². The van der Waals surface area contributed by atoms with Crippen LogP contribution in [0.3, 0.4) is 0 Å². The first-order valence-electron chi connectivity index (χ1n) is 9.57. The van der Waals surface area contributed by atoms with Gasteiger partial charge in [-0.1, -0.05) is 6.92 Å². The number of nitrogens with two attached hydrogens (primary N) is 1. The zero-order valence-corrected chi connectivity index (χ0v) is 17.6. The van der Waals surface area contributed by atoms with Crippen molar-refractivity contribution in [3.63, 3.8) is 0 Å². The third-order valence-corrected chi connectivity index (χ3v) is 4.76. The lowest BCUT2D eigenvalue weighted by Gasteiger charge is -2.22. The molecule has 2 aromatic rings. The van der Waals surface area contributed by atoms with Crippen LogP contribution in [0.1, 0.15) is 52.9 Å². The van der Waals surface area contributed by atoms with Crippen molar-refractivity contribution in [1.82, 2.24) is 4.98 Å². The van der Waals surface area contributed by atoms with Gasteiger partial charge in [0.05, 0.1) is 5.56 Å². The largest absolute Gasteiger partial charge is 0.453 e. The van der Waals surface area contributed by atoms with Crippen molar-refractivity contribution in [2.75, 3.05) is 5.32 Å². The number of carbonyl (C=O) groups excluding carboxylic acids is 1. The number of alkyl halides is 3. The van der Waals surface area contributed by atoms with Crippen LogP contribution in [0, 0.1) is 35.3 Å². The molecule has 2 rings (SSSR count). The molecule has 0 aliphatic carbocycles. The van der Waals surface area contributed by atoms with E-state index < -0.39 is 48.2 Å². The van der Waals surface area contributed by atoms with Crippen LogP contribution in [0.15, 0.2) is 24.4 Å². The third-order valence-electron chi connectivity index (χ3n) is 4.76. The van der Waals surface area contributed by atoms with Gasteiger partial charge in [-0.3, -0.25) is 10.2 Å². The Labute approximate surface area is 185 Å². The van der Waals surface area contributed by atoms with Crippen molar-refractivity contribution < 1.29 is 31.5 Å². The molecular weight excluding hydrogens is 449 g/mol. The molecule has 7 nitrogen and oxygen atoms in total. The summed E-state index contributed by atoms with van der Waals surface area (Å²) in [5.74, 6) is -4.20. The van der Waals surface area contributed by atoms with Gasteiger partial charge in [0.2, 0.25) is 0 Å². The van der Waals surface area contributed by atoms with Gasteiger partial charge in [0.15, 0.2) is 17.7 Å². The molecule has 1 aromatic heterocycles. The number of pyridine rings is 1. The molecule has 4 N–H and O–H groups in total. The summed E-state index contributed by atoms with van der Waals surface area (Å²) in [6.45, 7) is 2.93. The zero-order chi connectivity index (χ0) is 24.9. The summed E-state index contributed by atoms with van der Waals surface area (Å²) in [6.07, 6.45) is -6.94. The van der Waals surface area contributed by atoms with Crippen LogP contribution in [-0.2, 0) is 4.74 Å². The van der Waals surface area contributed by atoms with Gasteiger partial charge in [0, 0.05) is 18.0 Å². The van der Waals surface area contributed by atoms with Crippen LogP contribution in [0.4, 0.5) is 27.6 Å². The standard InChI is InChI=1S/C21H20F5N5O2/c1-10(3-4-16(21(24,25)26)33-20(28)29)14-6-13(7-15(22)17(14)23)31-19(32)18-11(2)5-12(8-27)9-30-18/h5-7,9-10,16H,3-4H2,1-2H3,(H3,28,29)(H,31,32)/t10-,16+/m1/s1. The molecular formula is C21H20F5N5O2. The Kier molecular flexibility index (Phi) is 7.92. The minimum atomic E-state index is -4.81. The van der Waals surface area contributed by atoms with Crippen LogP contribution in [0.5, 0.6) is 0 Å². The summed E-state index contributed by atoms with van der Waals surface area (Å²) < 4.78 is 72.0. The van der Waals surface area contributed by atoms with E-state index >= 15 is 0 Å². The fourth-order valence-corrected chi connectivity index (χ4v) is 3.10. The second-order valence-corrected chi connectivity index (χ2v) is 7.31. The highest BCUT2D eigenvalue weighted by molar-refractivity contribution is 6.03. The molecule has 0 saturated heterocycles. The fraction of sp³-hybridized carbons (Fsp3) is 0.333. The van der Waals surface area contributed by atoms with E-state index in [0.717, 1.165) is 12.1 Å². The lowest BCUT2D eigenvalue weighted by molar-refractivity contribution is -0.201. The average molecular weight is 469 g/mol. The summed E-state index contributed by atoms with van der Waals surface area (Å²) in [5, 5.41) is 18.2. The van der Waals surface area contributed by atoms with Crippen molar-refractivity contribution in [1.29, 1.82) is 10.7 Å². The quantitative estimate of drug-likeness (QED) is 0.312. The topological polar surface area (TPSA) is 125 Å². The summed E-state index contributed by atoms with van der Waals surface area (Å²) >= 11 is 0. The Hall–Kier alpha value is -3.75. The van der Waals surface area contributed by atoms with Gasteiger partial charge in [0.25, 0.3) is 11.9 Å². The fourth-order valence-electron chi connectivity index (χ4n) is 3.10. The number of hydrogen-bond donors (Lipinski definition) is 3. The summed E-state index contributed by atoms with van der Waals surface area (Å²) in [6, 6.07) is 4.05. The number of aryl methyl sites for hydroxylation is 1. The molecule has 12 heteroatoms. The molecule has 176 valence electrons. The second kappa shape index (κ2) is 10.2. The maximum absolute atomic E-state index is 14.4. The highest BCUT2D eigenvalue weighted by atomic mass is 19.4. The Morgan fingerprint density at radius 1 is 1.30 bits per heavy atom. The molecule has 0 aliphatic heterocycles. The Morgan fingerprint density at radius 3 is 2.52 bits per heavy atom. The van der Waals surface area contributed by atoms with Gasteiger partial charge in [0.1, 0.15) is 11.8 Å². The molecule has 0 spiro atoms. The zero-order valence-electron chi connectivity index (χ0n) is 17.6. The number of hydrogen-bond acceptors (Lipinski definition) is 5. The van der Waals surface area contributed by atoms with Crippen LogP contribution in [0.25, 0.3) is 0 Å². The van der Waals surface area contributed by atoms with Gasteiger partial charge in [-0.15, -0.1) is 0 Å². The van der Waals surface area contributed by atoms with E-state index in [1.165, 1.54) is 19.2 Å². The van der Waals surface area contributed by atoms with E-state index in [1.807, 2.05) is 6.07 Å². The minimum Gasteiger partial charge on any atom is -0.453 e. The number of halogens is 5. The molecule has 1 heterocycles. The van der Waals surface area contributed by atoms with Gasteiger partial charge in [-0.25, -0.2) is 13.8 Å². The number of benzene rings is 1. The molecule has 0 aliphatic rings. The van der Waals surface area contributed by atoms with Crippen LogP contribution in [-0.4, -0.2) is 29.2 Å². The highest BCUT2D eigenvalue weighted by Crippen LogP contribution is 2.32. The molecule has 1 amide bonds. The van der Waals surface area contributed by atoms with Gasteiger partial charge in [-0.2, -0.15) is 18.4 Å². The van der Waals surface area contributed by atoms with Crippen LogP contribution < -0.4 is 11.1 Å². The molecule has 33 heavy (non-hydrogen) atoms. The molecule has 0 bridgehead atoms. The Morgan fingerprint density at radius 2 is 1.97 bits per heavy atom. The minimum absolute atomic E-state index is 0.0391. The SMILES string of the molecule is Cc1cc(C#N)cnc1C(=O)Nc1cc(F)c(F)c([C@H](C)CC[C@H](OC(=N)N)C(F)(F)F)c1. The van der Waals surface area contributed by atoms with Crippen molar-refractivity contribution in [3.05, 3.63) is 58.4 Å². The average Bonchev–Trinajstić information content (AvgIpc) is 2.71. The molecule has 1 aromatic carbocycles. The predicted molar refractivity (Wildman–Crippen MR) is 108 cm³/mol.